The van der Waals surface area contributed by atoms with Gasteiger partial charge in [0.1, 0.15) is 11.6 Å². The SMILES string of the molecule is CN1C(=O)C(c2cc(F)cc(F)c2)(c2ccnc(F)c2)N=C1N. The highest BCUT2D eigenvalue weighted by Crippen LogP contribution is 2.39. The van der Waals surface area contributed by atoms with Crippen LogP contribution in [0, 0.1) is 17.6 Å². The van der Waals surface area contributed by atoms with E-state index in [0.717, 1.165) is 29.3 Å². The number of likely N-dealkylation sites (N-methyl/N-ethyl adjacent to an activating group) is 1. The van der Waals surface area contributed by atoms with Crippen molar-refractivity contribution in [2.75, 3.05) is 7.05 Å². The van der Waals surface area contributed by atoms with Crippen LogP contribution < -0.4 is 5.73 Å². The van der Waals surface area contributed by atoms with Crippen molar-refractivity contribution >= 4 is 11.9 Å². The molecule has 0 radical (unpaired) electrons. The van der Waals surface area contributed by atoms with Gasteiger partial charge in [-0.05, 0) is 35.4 Å². The summed E-state index contributed by atoms with van der Waals surface area (Å²) in [6.45, 7) is 0. The van der Waals surface area contributed by atoms with E-state index >= 15 is 0 Å². The van der Waals surface area contributed by atoms with E-state index in [1.807, 2.05) is 0 Å². The summed E-state index contributed by atoms with van der Waals surface area (Å²) in [5, 5.41) is 0. The number of aliphatic imine (C=N–C) groups is 1. The number of pyridine rings is 1. The van der Waals surface area contributed by atoms with Gasteiger partial charge in [-0.25, -0.2) is 18.8 Å². The highest BCUT2D eigenvalue weighted by Gasteiger charge is 2.50. The summed E-state index contributed by atoms with van der Waals surface area (Å²) in [6.07, 6.45) is 1.14. The number of hydrogen-bond donors (Lipinski definition) is 1. The van der Waals surface area contributed by atoms with E-state index in [1.54, 1.807) is 0 Å². The zero-order valence-corrected chi connectivity index (χ0v) is 11.9. The number of guanidine groups is 1. The molecule has 23 heavy (non-hydrogen) atoms. The lowest BCUT2D eigenvalue weighted by atomic mass is 9.83. The molecule has 2 aromatic rings. The van der Waals surface area contributed by atoms with Crippen molar-refractivity contribution in [1.29, 1.82) is 0 Å². The van der Waals surface area contributed by atoms with Gasteiger partial charge in [0.05, 0.1) is 0 Å². The molecular formula is C15H11F3N4O. The number of aromatic nitrogens is 1. The second-order valence-corrected chi connectivity index (χ2v) is 5.07. The van der Waals surface area contributed by atoms with Gasteiger partial charge in [0.15, 0.2) is 11.5 Å². The van der Waals surface area contributed by atoms with Crippen molar-refractivity contribution in [3.05, 3.63) is 65.2 Å². The van der Waals surface area contributed by atoms with E-state index in [1.165, 1.54) is 13.1 Å². The minimum atomic E-state index is -1.86. The van der Waals surface area contributed by atoms with E-state index in [0.29, 0.717) is 6.07 Å². The molecule has 1 aromatic heterocycles. The van der Waals surface area contributed by atoms with Gasteiger partial charge in [-0.15, -0.1) is 0 Å². The third-order valence-corrected chi connectivity index (χ3v) is 3.66. The molecule has 1 unspecified atom stereocenters. The number of amides is 1. The van der Waals surface area contributed by atoms with Crippen LogP contribution in [0.15, 0.2) is 41.5 Å². The zero-order chi connectivity index (χ0) is 16.8. The molecular weight excluding hydrogens is 309 g/mol. The lowest BCUT2D eigenvalue weighted by Gasteiger charge is -2.26. The Balaban J connectivity index is 2.34. The maximum atomic E-state index is 13.6. The van der Waals surface area contributed by atoms with Crippen molar-refractivity contribution in [3.8, 4) is 0 Å². The van der Waals surface area contributed by atoms with Crippen LogP contribution in [0.3, 0.4) is 0 Å². The third kappa shape index (κ3) is 2.23. The average Bonchev–Trinajstić information content (AvgIpc) is 2.71. The largest absolute Gasteiger partial charge is 0.369 e. The van der Waals surface area contributed by atoms with Gasteiger partial charge < -0.3 is 5.73 Å². The van der Waals surface area contributed by atoms with Gasteiger partial charge in [0.2, 0.25) is 5.95 Å². The average molecular weight is 320 g/mol. The smallest absolute Gasteiger partial charge is 0.266 e. The number of nitrogens with two attached hydrogens (primary N) is 1. The molecule has 1 aliphatic heterocycles. The normalized spacial score (nSPS) is 20.8. The highest BCUT2D eigenvalue weighted by molar-refractivity contribution is 6.08. The van der Waals surface area contributed by atoms with E-state index < -0.39 is 29.0 Å². The predicted molar refractivity (Wildman–Crippen MR) is 75.7 cm³/mol. The Morgan fingerprint density at radius 1 is 1.09 bits per heavy atom. The van der Waals surface area contributed by atoms with Crippen LogP contribution in [-0.4, -0.2) is 28.8 Å². The summed E-state index contributed by atoms with van der Waals surface area (Å²) in [5.74, 6) is -3.41. The number of benzene rings is 1. The molecule has 0 saturated carbocycles. The fourth-order valence-corrected chi connectivity index (χ4v) is 2.57. The van der Waals surface area contributed by atoms with Gasteiger partial charge >= 0.3 is 0 Å². The quantitative estimate of drug-likeness (QED) is 0.853. The van der Waals surface area contributed by atoms with Crippen molar-refractivity contribution in [2.24, 2.45) is 10.7 Å². The van der Waals surface area contributed by atoms with Crippen LogP contribution in [-0.2, 0) is 10.3 Å². The van der Waals surface area contributed by atoms with E-state index in [9.17, 15) is 18.0 Å². The number of rotatable bonds is 2. The fourth-order valence-electron chi connectivity index (χ4n) is 2.57. The summed E-state index contributed by atoms with van der Waals surface area (Å²) >= 11 is 0. The standard InChI is InChI=1S/C15H11F3N4O/c1-22-13(23)15(21-14(22)19,8-2-3-20-12(18)6-8)9-4-10(16)7-11(17)5-9/h2-7H,1H3,(H2,19,21). The first-order chi connectivity index (χ1) is 10.8. The minimum absolute atomic E-state index is 0.0762. The van der Waals surface area contributed by atoms with E-state index in [2.05, 4.69) is 9.98 Å². The van der Waals surface area contributed by atoms with Crippen molar-refractivity contribution in [2.45, 2.75) is 5.54 Å². The Kier molecular flexibility index (Phi) is 3.32. The topological polar surface area (TPSA) is 71.6 Å². The molecule has 0 fully saturated rings. The van der Waals surface area contributed by atoms with Gasteiger partial charge in [-0.2, -0.15) is 4.39 Å². The molecule has 0 saturated heterocycles. The van der Waals surface area contributed by atoms with Gasteiger partial charge in [-0.1, -0.05) is 0 Å². The summed E-state index contributed by atoms with van der Waals surface area (Å²) in [7, 11) is 1.37. The first-order valence-electron chi connectivity index (χ1n) is 6.56. The van der Waals surface area contributed by atoms with Crippen LogP contribution in [0.2, 0.25) is 0 Å². The van der Waals surface area contributed by atoms with Gasteiger partial charge in [0.25, 0.3) is 5.91 Å². The highest BCUT2D eigenvalue weighted by atomic mass is 19.1. The second-order valence-electron chi connectivity index (χ2n) is 5.07. The first-order valence-corrected chi connectivity index (χ1v) is 6.56. The fraction of sp³-hybridized carbons (Fsp3) is 0.133. The molecule has 1 amide bonds. The lowest BCUT2D eigenvalue weighted by Crippen LogP contribution is -2.41. The molecule has 1 aromatic carbocycles. The molecule has 2 heterocycles. The number of carbonyl (C=O) groups is 1. The van der Waals surface area contributed by atoms with Crippen molar-refractivity contribution in [1.82, 2.24) is 9.88 Å². The molecule has 0 spiro atoms. The molecule has 3 rings (SSSR count). The van der Waals surface area contributed by atoms with Crippen molar-refractivity contribution in [3.63, 3.8) is 0 Å². The third-order valence-electron chi connectivity index (χ3n) is 3.66. The molecule has 5 nitrogen and oxygen atoms in total. The molecule has 2 N–H and O–H groups in total. The summed E-state index contributed by atoms with van der Waals surface area (Å²) in [6, 6.07) is 4.93. The maximum absolute atomic E-state index is 13.6. The first kappa shape index (κ1) is 15.0. The van der Waals surface area contributed by atoms with Gasteiger partial charge in [-0.3, -0.25) is 9.69 Å². The number of carbonyl (C=O) groups excluding carboxylic acids is 1. The Hall–Kier alpha value is -2.90. The molecule has 1 atom stereocenters. The van der Waals surface area contributed by atoms with Gasteiger partial charge in [0, 0.05) is 19.3 Å². The van der Waals surface area contributed by atoms with E-state index in [-0.39, 0.29) is 17.1 Å². The zero-order valence-electron chi connectivity index (χ0n) is 11.9. The molecule has 0 aliphatic carbocycles. The monoisotopic (exact) mass is 320 g/mol. The summed E-state index contributed by atoms with van der Waals surface area (Å²) in [4.78, 5) is 21.3. The Morgan fingerprint density at radius 3 is 2.26 bits per heavy atom. The van der Waals surface area contributed by atoms with Crippen LogP contribution >= 0.6 is 0 Å². The summed E-state index contributed by atoms with van der Waals surface area (Å²) < 4.78 is 40.8. The molecule has 8 heteroatoms. The number of nitrogens with zero attached hydrogens (tertiary/aromatic N) is 3. The maximum Gasteiger partial charge on any atom is 0.266 e. The van der Waals surface area contributed by atoms with Crippen LogP contribution in [0.5, 0.6) is 0 Å². The number of hydrogen-bond acceptors (Lipinski definition) is 4. The summed E-state index contributed by atoms with van der Waals surface area (Å²) in [5.41, 5.74) is 3.83. The molecule has 1 aliphatic rings. The van der Waals surface area contributed by atoms with Crippen molar-refractivity contribution < 1.29 is 18.0 Å². The Morgan fingerprint density at radius 2 is 1.74 bits per heavy atom. The van der Waals surface area contributed by atoms with Crippen LogP contribution in [0.25, 0.3) is 0 Å². The Bertz CT molecular complexity index is 819. The van der Waals surface area contributed by atoms with E-state index in [4.69, 9.17) is 5.73 Å². The van der Waals surface area contributed by atoms with Crippen LogP contribution in [0.4, 0.5) is 13.2 Å². The molecule has 0 bridgehead atoms. The minimum Gasteiger partial charge on any atom is -0.369 e. The molecule has 118 valence electrons. The lowest BCUT2D eigenvalue weighted by molar-refractivity contribution is -0.129. The van der Waals surface area contributed by atoms with Crippen LogP contribution in [0.1, 0.15) is 11.1 Å². The Labute approximate surface area is 129 Å². The number of halogens is 3. The predicted octanol–water partition coefficient (Wildman–Crippen LogP) is 1.53. The second kappa shape index (κ2) is 5.08.